The van der Waals surface area contributed by atoms with E-state index in [1.165, 1.54) is 66.6 Å². The lowest BCUT2D eigenvalue weighted by Crippen LogP contribution is -2.57. The van der Waals surface area contributed by atoms with Gasteiger partial charge in [-0.25, -0.2) is 0 Å². The fourth-order valence-electron chi connectivity index (χ4n) is 8.70. The number of rotatable bonds is 4. The molecule has 2 heterocycles. The van der Waals surface area contributed by atoms with Crippen molar-refractivity contribution < 1.29 is 9.47 Å². The zero-order valence-corrected chi connectivity index (χ0v) is 28.3. The molecule has 0 amide bonds. The highest BCUT2D eigenvalue weighted by Crippen LogP contribution is 2.47. The molecule has 0 spiro atoms. The van der Waals surface area contributed by atoms with Crippen molar-refractivity contribution in [2.24, 2.45) is 0 Å². The molecule has 0 radical (unpaired) electrons. The van der Waals surface area contributed by atoms with Crippen LogP contribution in [0.2, 0.25) is 0 Å². The van der Waals surface area contributed by atoms with Gasteiger partial charge in [-0.1, -0.05) is 133 Å². The molecule has 3 aliphatic rings. The summed E-state index contributed by atoms with van der Waals surface area (Å²) in [4.78, 5) is 0. The van der Waals surface area contributed by atoms with E-state index in [-0.39, 0.29) is 6.71 Å². The second kappa shape index (κ2) is 11.5. The van der Waals surface area contributed by atoms with Crippen molar-refractivity contribution in [1.29, 1.82) is 0 Å². The van der Waals surface area contributed by atoms with Crippen molar-refractivity contribution in [1.82, 2.24) is 0 Å². The normalized spacial score (nSPS) is 12.8. The van der Waals surface area contributed by atoms with Crippen LogP contribution in [0.15, 0.2) is 176 Å². The van der Waals surface area contributed by atoms with Crippen LogP contribution in [-0.4, -0.2) is 6.71 Å². The smallest absolute Gasteiger partial charge is 0.260 e. The molecular weight excluding hydrogens is 631 g/mol. The molecular formula is C49H31BO2. The van der Waals surface area contributed by atoms with Crippen LogP contribution in [0.25, 0.3) is 55.6 Å². The number of hydrogen-bond acceptors (Lipinski definition) is 2. The van der Waals surface area contributed by atoms with Gasteiger partial charge in [-0.05, 0) is 127 Å². The Kier molecular flexibility index (Phi) is 6.44. The van der Waals surface area contributed by atoms with Crippen molar-refractivity contribution in [3.8, 4) is 78.6 Å². The van der Waals surface area contributed by atoms with E-state index < -0.39 is 0 Å². The van der Waals surface area contributed by atoms with Crippen LogP contribution in [-0.2, 0) is 6.42 Å². The van der Waals surface area contributed by atoms with Gasteiger partial charge in [0.2, 0.25) is 0 Å². The van der Waals surface area contributed by atoms with Crippen molar-refractivity contribution in [2.45, 2.75) is 6.42 Å². The van der Waals surface area contributed by atoms with Crippen molar-refractivity contribution in [3.63, 3.8) is 0 Å². The summed E-state index contributed by atoms with van der Waals surface area (Å²) in [5, 5.41) is 0. The first-order valence-electron chi connectivity index (χ1n) is 18.0. The maximum Gasteiger partial charge on any atom is 0.260 e. The van der Waals surface area contributed by atoms with Gasteiger partial charge in [0.1, 0.15) is 23.0 Å². The van der Waals surface area contributed by atoms with Gasteiger partial charge >= 0.3 is 0 Å². The van der Waals surface area contributed by atoms with Crippen LogP contribution in [0.1, 0.15) is 11.1 Å². The van der Waals surface area contributed by atoms with Crippen LogP contribution < -0.4 is 25.9 Å². The molecule has 0 unspecified atom stereocenters. The first kappa shape index (κ1) is 29.2. The van der Waals surface area contributed by atoms with Crippen molar-refractivity contribution in [3.05, 3.63) is 187 Å². The van der Waals surface area contributed by atoms with Gasteiger partial charge < -0.3 is 9.47 Å². The summed E-state index contributed by atoms with van der Waals surface area (Å²) in [6.07, 6.45) is 0.891. The van der Waals surface area contributed by atoms with E-state index in [9.17, 15) is 0 Å². The molecule has 0 fully saturated rings. The topological polar surface area (TPSA) is 18.5 Å². The predicted molar refractivity (Wildman–Crippen MR) is 214 cm³/mol. The second-order valence-corrected chi connectivity index (χ2v) is 14.0. The fraction of sp³-hybridized carbons (Fsp3) is 0.0204. The highest BCUT2D eigenvalue weighted by molar-refractivity contribution is 6.98. The number of ether oxygens (including phenoxy) is 2. The van der Waals surface area contributed by atoms with E-state index >= 15 is 0 Å². The zero-order chi connectivity index (χ0) is 34.2. The Morgan fingerprint density at radius 3 is 1.37 bits per heavy atom. The molecule has 8 aromatic rings. The minimum absolute atomic E-state index is 0.0504. The summed E-state index contributed by atoms with van der Waals surface area (Å²) < 4.78 is 13.4. The molecule has 0 bridgehead atoms. The molecule has 0 atom stereocenters. The molecule has 0 aromatic heterocycles. The molecule has 0 saturated heterocycles. The van der Waals surface area contributed by atoms with Gasteiger partial charge in [0, 0.05) is 5.46 Å². The molecule has 52 heavy (non-hydrogen) atoms. The summed E-state index contributed by atoms with van der Waals surface area (Å²) in [7, 11) is 0. The maximum atomic E-state index is 6.70. The number of hydrogen-bond donors (Lipinski definition) is 0. The Morgan fingerprint density at radius 2 is 0.769 bits per heavy atom. The molecule has 8 aromatic carbocycles. The standard InChI is InChI=1S/C49H31BO2/c1-3-13-31(14-4-1)33-25-34(35-28-47-49-48(29-35)52-46-24-10-8-22-44(46)50(49)43-21-7-9-23-45(43)51-47)27-36(26-33)38-18-12-20-40-39-19-11-17-37(41(39)30-42(38)40)32-15-5-2-6-16-32/h1-29H,30H2. The average molecular weight is 663 g/mol. The summed E-state index contributed by atoms with van der Waals surface area (Å²) in [5.41, 5.74) is 18.4. The van der Waals surface area contributed by atoms with Gasteiger partial charge in [-0.15, -0.1) is 0 Å². The highest BCUT2D eigenvalue weighted by atomic mass is 16.5. The minimum atomic E-state index is 0.0504. The van der Waals surface area contributed by atoms with Crippen LogP contribution in [0.4, 0.5) is 0 Å². The number of fused-ring (bicyclic) bond motifs is 7. The lowest BCUT2D eigenvalue weighted by molar-refractivity contribution is 0.465. The van der Waals surface area contributed by atoms with Crippen molar-refractivity contribution in [2.75, 3.05) is 0 Å². The van der Waals surface area contributed by atoms with Gasteiger partial charge in [0.25, 0.3) is 6.71 Å². The Bertz CT molecular complexity index is 2640. The minimum Gasteiger partial charge on any atom is -0.458 e. The summed E-state index contributed by atoms with van der Waals surface area (Å²) in [5.74, 6) is 3.49. The third-order valence-electron chi connectivity index (χ3n) is 11.1. The largest absolute Gasteiger partial charge is 0.458 e. The Morgan fingerprint density at radius 1 is 0.327 bits per heavy atom. The van der Waals surface area contributed by atoms with Gasteiger partial charge in [0.05, 0.1) is 0 Å². The third-order valence-corrected chi connectivity index (χ3v) is 11.1. The van der Waals surface area contributed by atoms with Gasteiger partial charge in [-0.2, -0.15) is 0 Å². The third kappa shape index (κ3) is 4.53. The van der Waals surface area contributed by atoms with E-state index in [1.807, 2.05) is 0 Å². The van der Waals surface area contributed by atoms with E-state index in [0.717, 1.165) is 46.0 Å². The lowest BCUT2D eigenvalue weighted by Gasteiger charge is -2.33. The van der Waals surface area contributed by atoms with Crippen molar-refractivity contribution >= 4 is 23.1 Å². The fourth-order valence-corrected chi connectivity index (χ4v) is 8.70. The summed E-state index contributed by atoms with van der Waals surface area (Å²) in [6.45, 7) is 0.0504. The van der Waals surface area contributed by atoms with E-state index in [4.69, 9.17) is 9.47 Å². The SMILES string of the molecule is c1ccc(-c2cc(-c3cc4c5c(c3)Oc3ccccc3B5c3ccccc3O4)cc(-c3cccc4c3Cc3c(-c5ccccc5)cccc3-4)c2)cc1. The first-order chi connectivity index (χ1) is 25.8. The summed E-state index contributed by atoms with van der Waals surface area (Å²) >= 11 is 0. The Hall–Kier alpha value is -6.58. The molecule has 11 rings (SSSR count). The molecule has 0 saturated carbocycles. The van der Waals surface area contributed by atoms with Gasteiger partial charge in [-0.3, -0.25) is 0 Å². The monoisotopic (exact) mass is 662 g/mol. The van der Waals surface area contributed by atoms with Gasteiger partial charge in [0.15, 0.2) is 0 Å². The molecule has 2 aliphatic heterocycles. The number of para-hydroxylation sites is 2. The average Bonchev–Trinajstić information content (AvgIpc) is 3.60. The Labute approximate surface area is 303 Å². The van der Waals surface area contributed by atoms with E-state index in [2.05, 4.69) is 176 Å². The zero-order valence-electron chi connectivity index (χ0n) is 28.3. The van der Waals surface area contributed by atoms with Crippen LogP contribution in [0.3, 0.4) is 0 Å². The summed E-state index contributed by atoms with van der Waals surface area (Å²) in [6, 6.07) is 63.3. The van der Waals surface area contributed by atoms with E-state index in [0.29, 0.717) is 0 Å². The molecule has 2 nitrogen and oxygen atoms in total. The van der Waals surface area contributed by atoms with Crippen LogP contribution in [0.5, 0.6) is 23.0 Å². The van der Waals surface area contributed by atoms with E-state index in [1.54, 1.807) is 0 Å². The maximum absolute atomic E-state index is 6.70. The molecule has 242 valence electrons. The quantitative estimate of drug-likeness (QED) is 0.175. The second-order valence-electron chi connectivity index (χ2n) is 14.0. The molecule has 1 aliphatic carbocycles. The number of benzene rings is 8. The van der Waals surface area contributed by atoms with Crippen LogP contribution >= 0.6 is 0 Å². The predicted octanol–water partition coefficient (Wildman–Crippen LogP) is 10.7. The first-order valence-corrected chi connectivity index (χ1v) is 18.0. The van der Waals surface area contributed by atoms with Crippen LogP contribution in [0, 0.1) is 0 Å². The molecule has 0 N–H and O–H groups in total. The lowest BCUT2D eigenvalue weighted by atomic mass is 9.35. The Balaban J connectivity index is 1.09. The molecule has 3 heteroatoms. The highest BCUT2D eigenvalue weighted by Gasteiger charge is 2.40.